The molecule has 2 atom stereocenters. The largest absolute Gasteiger partial charge is 0.463 e. The van der Waals surface area contributed by atoms with Crippen LogP contribution in [0.2, 0.25) is 0 Å². The van der Waals surface area contributed by atoms with Gasteiger partial charge in [-0.25, -0.2) is 0 Å². The van der Waals surface area contributed by atoms with Gasteiger partial charge in [0.2, 0.25) is 6.79 Å². The summed E-state index contributed by atoms with van der Waals surface area (Å²) in [6, 6.07) is 17.8. The molecule has 1 aromatic heterocycles. The Morgan fingerprint density at radius 2 is 1.90 bits per heavy atom. The molecule has 29 heavy (non-hydrogen) atoms. The van der Waals surface area contributed by atoms with Crippen molar-refractivity contribution in [3.63, 3.8) is 0 Å². The maximum Gasteiger partial charge on any atom is 0.251 e. The number of carbonyl (C=O) groups is 1. The van der Waals surface area contributed by atoms with Gasteiger partial charge in [-0.05, 0) is 35.9 Å². The second-order valence-corrected chi connectivity index (χ2v) is 7.45. The maximum atomic E-state index is 12.8. The van der Waals surface area contributed by atoms with E-state index in [1.165, 1.54) is 16.0 Å². The summed E-state index contributed by atoms with van der Waals surface area (Å²) < 4.78 is 16.4. The van der Waals surface area contributed by atoms with Gasteiger partial charge in [0.15, 0.2) is 23.3 Å². The van der Waals surface area contributed by atoms with Gasteiger partial charge in [0, 0.05) is 17.5 Å². The Bertz CT molecular complexity index is 1020. The zero-order valence-corrected chi connectivity index (χ0v) is 16.0. The molecule has 2 aliphatic heterocycles. The van der Waals surface area contributed by atoms with Crippen molar-refractivity contribution >= 4 is 5.91 Å². The predicted molar refractivity (Wildman–Crippen MR) is 106 cm³/mol. The third-order valence-electron chi connectivity index (χ3n) is 5.73. The average molecular weight is 391 g/mol. The minimum Gasteiger partial charge on any atom is -0.463 e. The van der Waals surface area contributed by atoms with Crippen molar-refractivity contribution in [2.75, 3.05) is 19.9 Å². The molecule has 0 radical (unpaired) electrons. The minimum atomic E-state index is -0.128. The molecule has 0 fully saturated rings. The number of fused-ring (bicyclic) bond motifs is 2. The van der Waals surface area contributed by atoms with Crippen LogP contribution in [0.5, 0.6) is 11.5 Å². The van der Waals surface area contributed by atoms with Gasteiger partial charge < -0.3 is 24.1 Å². The smallest absolute Gasteiger partial charge is 0.251 e. The van der Waals surface area contributed by atoms with Crippen molar-refractivity contribution < 1.29 is 23.6 Å². The van der Waals surface area contributed by atoms with Crippen LogP contribution < -0.4 is 19.7 Å². The fraction of sp³-hybridized carbons (Fsp3) is 0.261. The lowest BCUT2D eigenvalue weighted by atomic mass is 9.98. The second-order valence-electron chi connectivity index (χ2n) is 7.45. The Kier molecular flexibility index (Phi) is 4.69. The van der Waals surface area contributed by atoms with Crippen LogP contribution in [0.15, 0.2) is 65.3 Å². The van der Waals surface area contributed by atoms with E-state index in [4.69, 9.17) is 13.9 Å². The summed E-state index contributed by atoms with van der Waals surface area (Å²) in [6.07, 6.45) is 2.72. The first-order valence-corrected chi connectivity index (χ1v) is 9.90. The molecule has 148 valence electrons. The maximum absolute atomic E-state index is 12.8. The lowest BCUT2D eigenvalue weighted by Gasteiger charge is -2.31. The molecule has 6 heteroatoms. The zero-order valence-electron chi connectivity index (χ0n) is 16.0. The van der Waals surface area contributed by atoms with Gasteiger partial charge in [-0.3, -0.25) is 4.79 Å². The van der Waals surface area contributed by atoms with E-state index in [9.17, 15) is 4.79 Å². The highest BCUT2D eigenvalue weighted by atomic mass is 16.7. The molecular formula is C23H23N2O4+. The number of hydrogen-bond donors (Lipinski definition) is 2. The quantitative estimate of drug-likeness (QED) is 0.699. The minimum absolute atomic E-state index is 0.0521. The van der Waals surface area contributed by atoms with Crippen LogP contribution in [-0.2, 0) is 13.0 Å². The van der Waals surface area contributed by atoms with Gasteiger partial charge in [-0.15, -0.1) is 0 Å². The summed E-state index contributed by atoms with van der Waals surface area (Å²) in [5.41, 5.74) is 3.35. The highest BCUT2D eigenvalue weighted by molar-refractivity contribution is 5.94. The lowest BCUT2D eigenvalue weighted by molar-refractivity contribution is -0.946. The SMILES string of the molecule is O=C(NC[C@H](c1ccco1)[NH+]1CCc2ccccc2C1)c1ccc2c(c1)OCO2. The highest BCUT2D eigenvalue weighted by Gasteiger charge is 2.30. The summed E-state index contributed by atoms with van der Waals surface area (Å²) in [5.74, 6) is 2.05. The van der Waals surface area contributed by atoms with Gasteiger partial charge in [-0.2, -0.15) is 0 Å². The summed E-state index contributed by atoms with van der Waals surface area (Å²) in [6.45, 7) is 2.61. The number of hydrogen-bond acceptors (Lipinski definition) is 4. The number of nitrogens with one attached hydrogen (secondary N) is 2. The summed E-state index contributed by atoms with van der Waals surface area (Å²) in [7, 11) is 0. The van der Waals surface area contributed by atoms with E-state index in [0.717, 1.165) is 25.3 Å². The first-order chi connectivity index (χ1) is 14.3. The first kappa shape index (κ1) is 17.8. The number of ether oxygens (including phenoxy) is 2. The summed E-state index contributed by atoms with van der Waals surface area (Å²) >= 11 is 0. The van der Waals surface area contributed by atoms with E-state index in [1.54, 1.807) is 24.5 Å². The standard InChI is InChI=1S/C23H22N2O4/c26-23(17-7-8-21-22(12-17)29-15-28-21)24-13-19(20-6-3-11-27-20)25-10-9-16-4-1-2-5-18(16)14-25/h1-8,11-12,19H,9-10,13-15H2,(H,24,26)/p+1/t19-/m1/s1. The van der Waals surface area contributed by atoms with Gasteiger partial charge in [-0.1, -0.05) is 24.3 Å². The number of benzene rings is 2. The van der Waals surface area contributed by atoms with Crippen LogP contribution in [0, 0.1) is 0 Å². The topological polar surface area (TPSA) is 65.1 Å². The van der Waals surface area contributed by atoms with Gasteiger partial charge >= 0.3 is 0 Å². The van der Waals surface area contributed by atoms with Crippen LogP contribution in [0.4, 0.5) is 0 Å². The lowest BCUT2D eigenvalue weighted by Crippen LogP contribution is -3.12. The summed E-state index contributed by atoms with van der Waals surface area (Å²) in [5, 5.41) is 3.08. The van der Waals surface area contributed by atoms with Gasteiger partial charge in [0.05, 0.1) is 19.4 Å². The number of carbonyl (C=O) groups excluding carboxylic acids is 1. The predicted octanol–water partition coefficient (Wildman–Crippen LogP) is 2.12. The Morgan fingerprint density at radius 3 is 2.76 bits per heavy atom. The number of rotatable bonds is 5. The molecule has 1 amide bonds. The molecule has 2 aliphatic rings. The van der Waals surface area contributed by atoms with Crippen LogP contribution in [0.25, 0.3) is 0 Å². The van der Waals surface area contributed by atoms with Crippen LogP contribution >= 0.6 is 0 Å². The summed E-state index contributed by atoms with van der Waals surface area (Å²) in [4.78, 5) is 14.1. The molecule has 0 bridgehead atoms. The number of amides is 1. The normalized spacial score (nSPS) is 18.1. The van der Waals surface area contributed by atoms with Crippen LogP contribution in [-0.4, -0.2) is 25.8 Å². The van der Waals surface area contributed by atoms with E-state index < -0.39 is 0 Å². The molecular weight excluding hydrogens is 368 g/mol. The Morgan fingerprint density at radius 1 is 1.03 bits per heavy atom. The molecule has 3 heterocycles. The zero-order chi connectivity index (χ0) is 19.6. The van der Waals surface area contributed by atoms with Crippen molar-refractivity contribution in [2.24, 2.45) is 0 Å². The van der Waals surface area contributed by atoms with E-state index in [-0.39, 0.29) is 18.7 Å². The highest BCUT2D eigenvalue weighted by Crippen LogP contribution is 2.32. The molecule has 2 aromatic carbocycles. The van der Waals surface area contributed by atoms with Crippen LogP contribution in [0.3, 0.4) is 0 Å². The van der Waals surface area contributed by atoms with Crippen molar-refractivity contribution in [1.29, 1.82) is 0 Å². The molecule has 0 spiro atoms. The van der Waals surface area contributed by atoms with Gasteiger partial charge in [0.1, 0.15) is 6.54 Å². The van der Waals surface area contributed by atoms with E-state index in [2.05, 4.69) is 29.6 Å². The fourth-order valence-electron chi connectivity index (χ4n) is 4.17. The van der Waals surface area contributed by atoms with Crippen molar-refractivity contribution in [1.82, 2.24) is 5.32 Å². The molecule has 3 aromatic rings. The average Bonchev–Trinajstić information content (AvgIpc) is 3.45. The first-order valence-electron chi connectivity index (χ1n) is 9.90. The van der Waals surface area contributed by atoms with Crippen molar-refractivity contribution in [3.8, 4) is 11.5 Å². The Hall–Kier alpha value is -3.25. The van der Waals surface area contributed by atoms with Gasteiger partial charge in [0.25, 0.3) is 5.91 Å². The second kappa shape index (κ2) is 7.64. The monoisotopic (exact) mass is 391 g/mol. The molecule has 0 saturated carbocycles. The third kappa shape index (κ3) is 3.59. The van der Waals surface area contributed by atoms with E-state index in [0.29, 0.717) is 23.6 Å². The third-order valence-corrected chi connectivity index (χ3v) is 5.73. The van der Waals surface area contributed by atoms with Crippen molar-refractivity contribution in [2.45, 2.75) is 19.0 Å². The Labute approximate surface area is 169 Å². The number of quaternary nitrogens is 1. The number of furan rings is 1. The Balaban J connectivity index is 1.32. The molecule has 5 rings (SSSR count). The fourth-order valence-corrected chi connectivity index (χ4v) is 4.17. The van der Waals surface area contributed by atoms with E-state index >= 15 is 0 Å². The molecule has 2 N–H and O–H groups in total. The van der Waals surface area contributed by atoms with Crippen LogP contribution in [0.1, 0.15) is 33.3 Å². The molecule has 0 aliphatic carbocycles. The molecule has 1 unspecified atom stereocenters. The van der Waals surface area contributed by atoms with Crippen molar-refractivity contribution in [3.05, 3.63) is 83.3 Å². The molecule has 0 saturated heterocycles. The van der Waals surface area contributed by atoms with E-state index in [1.807, 2.05) is 12.1 Å². The molecule has 6 nitrogen and oxygen atoms in total.